The second-order valence-electron chi connectivity index (χ2n) is 4.39. The van der Waals surface area contributed by atoms with Crippen LogP contribution in [0.5, 0.6) is 0 Å². The van der Waals surface area contributed by atoms with Gasteiger partial charge in [0.25, 0.3) is 0 Å². The Morgan fingerprint density at radius 1 is 1.05 bits per heavy atom. The average molecular weight is 334 g/mol. The molecule has 21 heavy (non-hydrogen) atoms. The SMILES string of the molecule is CCOC(=O)c1ccc(C(c2cccs2)c2cccs2)s1. The van der Waals surface area contributed by atoms with Crippen molar-refractivity contribution in [3.63, 3.8) is 0 Å². The first-order valence-electron chi connectivity index (χ1n) is 6.63. The zero-order valence-corrected chi connectivity index (χ0v) is 13.9. The van der Waals surface area contributed by atoms with Crippen LogP contribution in [-0.4, -0.2) is 12.6 Å². The summed E-state index contributed by atoms with van der Waals surface area (Å²) in [5, 5.41) is 4.19. The van der Waals surface area contributed by atoms with Gasteiger partial charge in [0.1, 0.15) is 4.88 Å². The van der Waals surface area contributed by atoms with E-state index in [0.29, 0.717) is 11.5 Å². The molecule has 108 valence electrons. The fourth-order valence-corrected chi connectivity index (χ4v) is 5.14. The minimum Gasteiger partial charge on any atom is -0.462 e. The second-order valence-corrected chi connectivity index (χ2v) is 7.46. The van der Waals surface area contributed by atoms with Crippen molar-refractivity contribution in [3.8, 4) is 0 Å². The lowest BCUT2D eigenvalue weighted by Gasteiger charge is -2.11. The van der Waals surface area contributed by atoms with E-state index in [1.54, 1.807) is 22.7 Å². The first kappa shape index (κ1) is 14.5. The molecule has 0 aromatic carbocycles. The highest BCUT2D eigenvalue weighted by Crippen LogP contribution is 2.40. The second kappa shape index (κ2) is 6.56. The number of ether oxygens (including phenoxy) is 1. The van der Waals surface area contributed by atoms with Crippen LogP contribution in [0.15, 0.2) is 47.2 Å². The van der Waals surface area contributed by atoms with Crippen LogP contribution in [0.3, 0.4) is 0 Å². The van der Waals surface area contributed by atoms with Gasteiger partial charge in [-0.25, -0.2) is 4.79 Å². The number of carbonyl (C=O) groups is 1. The molecule has 0 saturated carbocycles. The predicted molar refractivity (Wildman–Crippen MR) is 89.9 cm³/mol. The van der Waals surface area contributed by atoms with E-state index in [4.69, 9.17) is 4.74 Å². The summed E-state index contributed by atoms with van der Waals surface area (Å²) in [5.74, 6) is -0.0111. The summed E-state index contributed by atoms with van der Waals surface area (Å²) in [7, 11) is 0. The Kier molecular flexibility index (Phi) is 4.53. The molecular weight excluding hydrogens is 320 g/mol. The first-order valence-corrected chi connectivity index (χ1v) is 9.21. The average Bonchev–Trinajstić information content (AvgIpc) is 3.23. The Labute approximate surface area is 135 Å². The van der Waals surface area contributed by atoms with E-state index in [1.807, 2.05) is 19.1 Å². The fourth-order valence-electron chi connectivity index (χ4n) is 2.15. The Balaban J connectivity index is 1.96. The number of carbonyl (C=O) groups excluding carboxylic acids is 1. The van der Waals surface area contributed by atoms with Gasteiger partial charge in [-0.15, -0.1) is 34.0 Å². The van der Waals surface area contributed by atoms with Crippen LogP contribution in [-0.2, 0) is 4.74 Å². The molecule has 0 fully saturated rings. The van der Waals surface area contributed by atoms with Crippen molar-refractivity contribution in [3.05, 3.63) is 66.7 Å². The van der Waals surface area contributed by atoms with E-state index in [9.17, 15) is 4.79 Å². The molecule has 0 spiro atoms. The lowest BCUT2D eigenvalue weighted by Crippen LogP contribution is -2.01. The largest absolute Gasteiger partial charge is 0.462 e. The van der Waals surface area contributed by atoms with E-state index in [1.165, 1.54) is 26.0 Å². The highest BCUT2D eigenvalue weighted by atomic mass is 32.1. The van der Waals surface area contributed by atoms with Crippen LogP contribution >= 0.6 is 34.0 Å². The van der Waals surface area contributed by atoms with Gasteiger partial charge in [-0.2, -0.15) is 0 Å². The minimum absolute atomic E-state index is 0.221. The highest BCUT2D eigenvalue weighted by Gasteiger charge is 2.22. The quantitative estimate of drug-likeness (QED) is 0.597. The van der Waals surface area contributed by atoms with Gasteiger partial charge in [-0.05, 0) is 41.9 Å². The van der Waals surface area contributed by atoms with Crippen molar-refractivity contribution in [2.75, 3.05) is 6.61 Å². The summed E-state index contributed by atoms with van der Waals surface area (Å²) in [6, 6.07) is 12.4. The molecule has 5 heteroatoms. The van der Waals surface area contributed by atoms with Gasteiger partial charge in [0.15, 0.2) is 0 Å². The summed E-state index contributed by atoms with van der Waals surface area (Å²) in [6.07, 6.45) is 0. The molecule has 0 unspecified atom stereocenters. The van der Waals surface area contributed by atoms with Crippen LogP contribution in [0.1, 0.15) is 37.1 Å². The molecule has 3 heterocycles. The maximum atomic E-state index is 11.8. The molecular formula is C16H14O2S3. The third-order valence-corrected chi connectivity index (χ3v) is 6.05. The molecule has 0 aliphatic heterocycles. The summed E-state index contributed by atoms with van der Waals surface area (Å²) in [5.41, 5.74) is 0. The molecule has 0 aliphatic carbocycles. The van der Waals surface area contributed by atoms with E-state index in [2.05, 4.69) is 35.0 Å². The van der Waals surface area contributed by atoms with Crippen molar-refractivity contribution >= 4 is 40.0 Å². The van der Waals surface area contributed by atoms with Crippen LogP contribution in [0, 0.1) is 0 Å². The summed E-state index contributed by atoms with van der Waals surface area (Å²) >= 11 is 5.02. The summed E-state index contributed by atoms with van der Waals surface area (Å²) < 4.78 is 5.08. The Bertz CT molecular complexity index is 662. The topological polar surface area (TPSA) is 26.3 Å². The standard InChI is InChI=1S/C16H14O2S3/c1-2-18-16(17)14-8-7-13(21-14)15(11-5-3-9-19-11)12-6-4-10-20-12/h3-10,15H,2H2,1H3. The molecule has 0 aliphatic rings. The van der Waals surface area contributed by atoms with Gasteiger partial charge >= 0.3 is 5.97 Å². The number of rotatable bonds is 5. The highest BCUT2D eigenvalue weighted by molar-refractivity contribution is 7.15. The fraction of sp³-hybridized carbons (Fsp3) is 0.188. The van der Waals surface area contributed by atoms with Crippen LogP contribution in [0.25, 0.3) is 0 Å². The minimum atomic E-state index is -0.232. The van der Waals surface area contributed by atoms with Gasteiger partial charge in [-0.1, -0.05) is 12.1 Å². The number of thiophene rings is 3. The summed E-state index contributed by atoms with van der Waals surface area (Å²) in [4.78, 5) is 16.3. The van der Waals surface area contributed by atoms with Crippen molar-refractivity contribution in [2.45, 2.75) is 12.8 Å². The van der Waals surface area contributed by atoms with E-state index >= 15 is 0 Å². The van der Waals surface area contributed by atoms with Gasteiger partial charge in [0.05, 0.1) is 12.5 Å². The number of hydrogen-bond acceptors (Lipinski definition) is 5. The molecule has 3 aromatic heterocycles. The maximum absolute atomic E-state index is 11.8. The molecule has 3 rings (SSSR count). The van der Waals surface area contributed by atoms with E-state index in [-0.39, 0.29) is 11.9 Å². The molecule has 2 nitrogen and oxygen atoms in total. The van der Waals surface area contributed by atoms with Crippen LogP contribution in [0.2, 0.25) is 0 Å². The maximum Gasteiger partial charge on any atom is 0.348 e. The zero-order valence-electron chi connectivity index (χ0n) is 11.4. The normalized spacial score (nSPS) is 11.0. The van der Waals surface area contributed by atoms with Crippen molar-refractivity contribution in [1.82, 2.24) is 0 Å². The van der Waals surface area contributed by atoms with Gasteiger partial charge in [0.2, 0.25) is 0 Å². The molecule has 0 atom stereocenters. The monoisotopic (exact) mass is 334 g/mol. The molecule has 3 aromatic rings. The molecule has 0 bridgehead atoms. The Morgan fingerprint density at radius 3 is 2.24 bits per heavy atom. The van der Waals surface area contributed by atoms with Gasteiger partial charge in [-0.3, -0.25) is 0 Å². The van der Waals surface area contributed by atoms with Crippen LogP contribution in [0.4, 0.5) is 0 Å². The van der Waals surface area contributed by atoms with Gasteiger partial charge in [0, 0.05) is 14.6 Å². The molecule has 0 amide bonds. The molecule has 0 N–H and O–H groups in total. The van der Waals surface area contributed by atoms with Crippen molar-refractivity contribution in [2.24, 2.45) is 0 Å². The smallest absolute Gasteiger partial charge is 0.348 e. The van der Waals surface area contributed by atoms with Crippen molar-refractivity contribution in [1.29, 1.82) is 0 Å². The third-order valence-electron chi connectivity index (χ3n) is 3.04. The van der Waals surface area contributed by atoms with Crippen LogP contribution < -0.4 is 0 Å². The first-order chi connectivity index (χ1) is 10.3. The Hall–Kier alpha value is -1.43. The third kappa shape index (κ3) is 3.10. The summed E-state index contributed by atoms with van der Waals surface area (Å²) in [6.45, 7) is 2.23. The molecule has 0 radical (unpaired) electrons. The predicted octanol–water partition coefficient (Wildman–Crippen LogP) is 5.23. The Morgan fingerprint density at radius 2 is 1.71 bits per heavy atom. The van der Waals surface area contributed by atoms with E-state index < -0.39 is 0 Å². The number of hydrogen-bond donors (Lipinski definition) is 0. The van der Waals surface area contributed by atoms with Crippen molar-refractivity contribution < 1.29 is 9.53 Å². The van der Waals surface area contributed by atoms with Gasteiger partial charge < -0.3 is 4.74 Å². The number of esters is 1. The zero-order chi connectivity index (χ0) is 14.7. The molecule has 0 saturated heterocycles. The van der Waals surface area contributed by atoms with E-state index in [0.717, 1.165) is 0 Å². The lowest BCUT2D eigenvalue weighted by atomic mass is 10.0. The lowest BCUT2D eigenvalue weighted by molar-refractivity contribution is 0.0532.